The van der Waals surface area contributed by atoms with Gasteiger partial charge in [-0.3, -0.25) is 19.3 Å². The molecule has 142 valence electrons. The Hall–Kier alpha value is -2.47. The number of hydrogen-bond acceptors (Lipinski definition) is 4. The summed E-state index contributed by atoms with van der Waals surface area (Å²) in [5.74, 6) is -0.812. The molecule has 1 saturated heterocycles. The minimum absolute atomic E-state index is 0.0274. The molecule has 1 aliphatic heterocycles. The molecule has 0 radical (unpaired) electrons. The van der Waals surface area contributed by atoms with Crippen molar-refractivity contribution in [1.29, 1.82) is 0 Å². The molecule has 1 heterocycles. The van der Waals surface area contributed by atoms with Gasteiger partial charge >= 0.3 is 0 Å². The van der Waals surface area contributed by atoms with E-state index in [2.05, 4.69) is 17.5 Å². The molecule has 3 aliphatic rings. The van der Waals surface area contributed by atoms with E-state index in [0.717, 1.165) is 12.0 Å². The third-order valence-electron chi connectivity index (χ3n) is 6.16. The maximum Gasteiger partial charge on any atom is 0.240 e. The number of allylic oxidation sites excluding steroid dienone is 2. The van der Waals surface area contributed by atoms with Gasteiger partial charge in [0.05, 0.1) is 17.9 Å². The fraction of sp³-hybridized carbons (Fsp3) is 0.476. The van der Waals surface area contributed by atoms with Crippen LogP contribution in [0.4, 0.5) is 0 Å². The average Bonchev–Trinajstić information content (AvgIpc) is 3.32. The van der Waals surface area contributed by atoms with E-state index in [0.29, 0.717) is 6.54 Å². The van der Waals surface area contributed by atoms with Crippen LogP contribution < -0.4 is 5.32 Å². The van der Waals surface area contributed by atoms with Crippen molar-refractivity contribution in [3.8, 4) is 0 Å². The van der Waals surface area contributed by atoms with Crippen molar-refractivity contribution in [1.82, 2.24) is 15.1 Å². The first-order chi connectivity index (χ1) is 13.0. The molecular formula is C21H25N3O3. The normalized spacial score (nSPS) is 29.5. The molecule has 1 saturated carbocycles. The van der Waals surface area contributed by atoms with Gasteiger partial charge < -0.3 is 10.2 Å². The Balaban J connectivity index is 1.37. The predicted molar refractivity (Wildman–Crippen MR) is 100 cm³/mol. The molecule has 5 unspecified atom stereocenters. The quantitative estimate of drug-likeness (QED) is 0.606. The van der Waals surface area contributed by atoms with E-state index in [4.69, 9.17) is 0 Å². The molecule has 6 heteroatoms. The third-order valence-corrected chi connectivity index (χ3v) is 6.16. The minimum Gasteiger partial charge on any atom is -0.353 e. The molecule has 3 amide bonds. The smallest absolute Gasteiger partial charge is 0.240 e. The van der Waals surface area contributed by atoms with E-state index < -0.39 is 0 Å². The van der Waals surface area contributed by atoms with Crippen molar-refractivity contribution in [2.45, 2.75) is 12.5 Å². The second kappa shape index (κ2) is 6.93. The Morgan fingerprint density at radius 1 is 1.11 bits per heavy atom. The molecule has 1 aromatic rings. The number of amides is 3. The van der Waals surface area contributed by atoms with Crippen molar-refractivity contribution in [2.75, 3.05) is 27.2 Å². The number of likely N-dealkylation sites (tertiary alicyclic amines) is 1. The summed E-state index contributed by atoms with van der Waals surface area (Å²) in [7, 11) is 3.92. The van der Waals surface area contributed by atoms with Gasteiger partial charge in [0.1, 0.15) is 6.54 Å². The highest BCUT2D eigenvalue weighted by atomic mass is 16.2. The number of nitrogens with one attached hydrogen (secondary N) is 1. The van der Waals surface area contributed by atoms with E-state index in [-0.39, 0.29) is 54.0 Å². The Morgan fingerprint density at radius 3 is 2.26 bits per heavy atom. The fourth-order valence-corrected chi connectivity index (χ4v) is 4.80. The van der Waals surface area contributed by atoms with Gasteiger partial charge in [-0.1, -0.05) is 42.5 Å². The standard InChI is InChI=1S/C21H25N3O3/c1-23(2)16(13-6-4-3-5-7-13)11-22-17(25)12-24-20(26)18-14-8-9-15(10-14)19(18)21(24)27/h3-9,14-16,18-19H,10-12H2,1-2H3,(H,22,25). The van der Waals surface area contributed by atoms with Crippen LogP contribution in [0.25, 0.3) is 0 Å². The summed E-state index contributed by atoms with van der Waals surface area (Å²) in [6.45, 7) is 0.241. The number of fused-ring (bicyclic) bond motifs is 5. The Labute approximate surface area is 159 Å². The number of likely N-dealkylation sites (N-methyl/N-ethyl adjacent to an activating group) is 1. The van der Waals surface area contributed by atoms with Crippen LogP contribution >= 0.6 is 0 Å². The molecule has 6 nitrogen and oxygen atoms in total. The van der Waals surface area contributed by atoms with Gasteiger partial charge in [-0.05, 0) is 37.9 Å². The summed E-state index contributed by atoms with van der Waals surface area (Å²) in [6.07, 6.45) is 5.01. The number of carbonyl (C=O) groups is 3. The lowest BCUT2D eigenvalue weighted by Crippen LogP contribution is -2.43. The molecule has 1 N–H and O–H groups in total. The summed E-state index contributed by atoms with van der Waals surface area (Å²) < 4.78 is 0. The second-order valence-electron chi connectivity index (χ2n) is 7.96. The zero-order chi connectivity index (χ0) is 19.1. The van der Waals surface area contributed by atoms with Gasteiger partial charge in [-0.25, -0.2) is 0 Å². The molecule has 2 aliphatic carbocycles. The van der Waals surface area contributed by atoms with Crippen molar-refractivity contribution in [2.24, 2.45) is 23.7 Å². The van der Waals surface area contributed by atoms with Crippen LogP contribution in [0.3, 0.4) is 0 Å². The van der Waals surface area contributed by atoms with Gasteiger partial charge in [0.15, 0.2) is 0 Å². The molecule has 1 aromatic carbocycles. The fourth-order valence-electron chi connectivity index (χ4n) is 4.80. The van der Waals surface area contributed by atoms with Crippen LogP contribution in [0.5, 0.6) is 0 Å². The summed E-state index contributed by atoms with van der Waals surface area (Å²) in [5, 5.41) is 2.89. The summed E-state index contributed by atoms with van der Waals surface area (Å²) >= 11 is 0. The zero-order valence-corrected chi connectivity index (χ0v) is 15.7. The van der Waals surface area contributed by atoms with Crippen molar-refractivity contribution in [3.63, 3.8) is 0 Å². The highest BCUT2D eigenvalue weighted by molar-refractivity contribution is 6.08. The molecule has 0 aromatic heterocycles. The van der Waals surface area contributed by atoms with Crippen molar-refractivity contribution < 1.29 is 14.4 Å². The Kier molecular flexibility index (Phi) is 4.60. The van der Waals surface area contributed by atoms with E-state index in [9.17, 15) is 14.4 Å². The third kappa shape index (κ3) is 3.08. The Morgan fingerprint density at radius 2 is 1.70 bits per heavy atom. The maximum absolute atomic E-state index is 12.7. The van der Waals surface area contributed by atoms with Crippen LogP contribution in [-0.4, -0.2) is 54.7 Å². The molecule has 4 rings (SSSR count). The first-order valence-electron chi connectivity index (χ1n) is 9.49. The number of rotatable bonds is 6. The first kappa shape index (κ1) is 17.9. The topological polar surface area (TPSA) is 69.7 Å². The SMILES string of the molecule is CN(C)C(CNC(=O)CN1C(=O)C2C3C=CC(C3)C2C1=O)c1ccccc1. The van der Waals surface area contributed by atoms with Crippen LogP contribution in [-0.2, 0) is 14.4 Å². The summed E-state index contributed by atoms with van der Waals surface area (Å²) in [6, 6.07) is 9.97. The van der Waals surface area contributed by atoms with Gasteiger partial charge in [0.2, 0.25) is 17.7 Å². The number of carbonyl (C=O) groups excluding carboxylic acids is 3. The van der Waals surface area contributed by atoms with Crippen molar-refractivity contribution >= 4 is 17.7 Å². The van der Waals surface area contributed by atoms with Crippen molar-refractivity contribution in [3.05, 3.63) is 48.0 Å². The van der Waals surface area contributed by atoms with Crippen LogP contribution in [0, 0.1) is 23.7 Å². The van der Waals surface area contributed by atoms with Crippen LogP contribution in [0.1, 0.15) is 18.0 Å². The lowest BCUT2D eigenvalue weighted by molar-refractivity contribution is -0.144. The van der Waals surface area contributed by atoms with Gasteiger partial charge in [0, 0.05) is 6.54 Å². The van der Waals surface area contributed by atoms with Gasteiger partial charge in [0.25, 0.3) is 0 Å². The predicted octanol–water partition coefficient (Wildman–Crippen LogP) is 1.21. The van der Waals surface area contributed by atoms with E-state index in [1.54, 1.807) is 0 Å². The highest BCUT2D eigenvalue weighted by Crippen LogP contribution is 2.52. The molecule has 2 bridgehead atoms. The second-order valence-corrected chi connectivity index (χ2v) is 7.96. The number of nitrogens with zero attached hydrogens (tertiary/aromatic N) is 2. The van der Waals surface area contributed by atoms with Gasteiger partial charge in [-0.15, -0.1) is 0 Å². The molecule has 0 spiro atoms. The van der Waals surface area contributed by atoms with Crippen LogP contribution in [0.2, 0.25) is 0 Å². The van der Waals surface area contributed by atoms with Crippen LogP contribution in [0.15, 0.2) is 42.5 Å². The van der Waals surface area contributed by atoms with E-state index in [1.165, 1.54) is 4.90 Å². The molecular weight excluding hydrogens is 342 g/mol. The lowest BCUT2D eigenvalue weighted by atomic mass is 9.85. The lowest BCUT2D eigenvalue weighted by Gasteiger charge is -2.25. The number of imide groups is 1. The van der Waals surface area contributed by atoms with E-state index in [1.807, 2.05) is 49.3 Å². The molecule has 27 heavy (non-hydrogen) atoms. The minimum atomic E-state index is -0.292. The summed E-state index contributed by atoms with van der Waals surface area (Å²) in [5.41, 5.74) is 1.10. The van der Waals surface area contributed by atoms with Gasteiger partial charge in [-0.2, -0.15) is 0 Å². The zero-order valence-electron chi connectivity index (χ0n) is 15.7. The molecule has 2 fully saturated rings. The number of benzene rings is 1. The Bertz CT molecular complexity index is 759. The monoisotopic (exact) mass is 367 g/mol. The highest BCUT2D eigenvalue weighted by Gasteiger charge is 2.59. The number of hydrogen-bond donors (Lipinski definition) is 1. The largest absolute Gasteiger partial charge is 0.353 e. The first-order valence-corrected chi connectivity index (χ1v) is 9.49. The summed E-state index contributed by atoms with van der Waals surface area (Å²) in [4.78, 5) is 41.0. The maximum atomic E-state index is 12.7. The molecule has 5 atom stereocenters. The van der Waals surface area contributed by atoms with E-state index >= 15 is 0 Å². The average molecular weight is 367 g/mol.